The van der Waals surface area contributed by atoms with Crippen molar-refractivity contribution in [2.24, 2.45) is 5.92 Å². The van der Waals surface area contributed by atoms with Crippen LogP contribution in [0.2, 0.25) is 0 Å². The molecule has 1 N–H and O–H groups in total. The molecule has 1 aromatic heterocycles. The van der Waals surface area contributed by atoms with E-state index in [1.807, 2.05) is 6.07 Å². The number of likely N-dealkylation sites (tertiary alicyclic amines) is 1. The van der Waals surface area contributed by atoms with Crippen LogP contribution in [0.4, 0.5) is 5.88 Å². The molecule has 0 aliphatic carbocycles. The highest BCUT2D eigenvalue weighted by Crippen LogP contribution is 2.25. The van der Waals surface area contributed by atoms with E-state index < -0.39 is 0 Å². The van der Waals surface area contributed by atoms with Gasteiger partial charge in [0.25, 0.3) is 0 Å². The number of anilines is 1. The minimum absolute atomic E-state index is 0.0254. The molecule has 1 aliphatic heterocycles. The van der Waals surface area contributed by atoms with Crippen molar-refractivity contribution in [2.45, 2.75) is 65.3 Å². The van der Waals surface area contributed by atoms with E-state index in [9.17, 15) is 4.79 Å². The lowest BCUT2D eigenvalue weighted by atomic mass is 9.92. The van der Waals surface area contributed by atoms with Gasteiger partial charge in [-0.2, -0.15) is 0 Å². The van der Waals surface area contributed by atoms with Crippen molar-refractivity contribution in [1.29, 1.82) is 0 Å². The largest absolute Gasteiger partial charge is 0.338 e. The molecular weight excluding hydrogens is 278 g/mol. The maximum atomic E-state index is 12.5. The van der Waals surface area contributed by atoms with E-state index in [1.165, 1.54) is 0 Å². The zero-order valence-corrected chi connectivity index (χ0v) is 14.5. The van der Waals surface area contributed by atoms with Crippen molar-refractivity contribution >= 4 is 11.8 Å². The molecule has 124 valence electrons. The first kappa shape index (κ1) is 17.0. The maximum Gasteiger partial charge on any atom is 0.244 e. The van der Waals surface area contributed by atoms with Crippen molar-refractivity contribution in [3.05, 3.63) is 11.8 Å². The molecule has 0 radical (unpaired) electrons. The second-order valence-corrected chi connectivity index (χ2v) is 7.48. The molecule has 1 aromatic rings. The van der Waals surface area contributed by atoms with Crippen LogP contribution in [-0.2, 0) is 10.2 Å². The molecule has 0 spiro atoms. The molecular formula is C17H29N3O2. The molecule has 5 heteroatoms. The van der Waals surface area contributed by atoms with Crippen molar-refractivity contribution < 1.29 is 9.32 Å². The smallest absolute Gasteiger partial charge is 0.244 e. The van der Waals surface area contributed by atoms with Crippen molar-refractivity contribution in [3.8, 4) is 0 Å². The fourth-order valence-electron chi connectivity index (χ4n) is 2.76. The molecule has 1 amide bonds. The van der Waals surface area contributed by atoms with Crippen molar-refractivity contribution in [1.82, 2.24) is 10.1 Å². The molecule has 1 unspecified atom stereocenters. The maximum absolute atomic E-state index is 12.5. The Morgan fingerprint density at radius 2 is 2.27 bits per heavy atom. The van der Waals surface area contributed by atoms with Crippen LogP contribution < -0.4 is 5.32 Å². The lowest BCUT2D eigenvalue weighted by Gasteiger charge is -2.25. The van der Waals surface area contributed by atoms with Gasteiger partial charge >= 0.3 is 0 Å². The number of hydrogen-bond donors (Lipinski definition) is 1. The Morgan fingerprint density at radius 1 is 1.55 bits per heavy atom. The lowest BCUT2D eigenvalue weighted by Crippen LogP contribution is -2.41. The first-order chi connectivity index (χ1) is 10.3. The fourth-order valence-corrected chi connectivity index (χ4v) is 2.76. The summed E-state index contributed by atoms with van der Waals surface area (Å²) in [6.07, 6.45) is 3.14. The van der Waals surface area contributed by atoms with E-state index in [2.05, 4.69) is 50.0 Å². The predicted octanol–water partition coefficient (Wildman–Crippen LogP) is 3.42. The number of carbonyl (C=O) groups excluding carboxylic acids is 1. The van der Waals surface area contributed by atoms with Crippen LogP contribution in [-0.4, -0.2) is 35.1 Å². The minimum atomic E-state index is -0.0809. The molecule has 1 fully saturated rings. The number of aromatic nitrogens is 1. The summed E-state index contributed by atoms with van der Waals surface area (Å²) in [5.74, 6) is 1.09. The summed E-state index contributed by atoms with van der Waals surface area (Å²) >= 11 is 0. The van der Waals surface area contributed by atoms with Gasteiger partial charge in [0.15, 0.2) is 0 Å². The van der Waals surface area contributed by atoms with Crippen LogP contribution in [0.1, 0.15) is 59.6 Å². The summed E-state index contributed by atoms with van der Waals surface area (Å²) in [6.45, 7) is 12.6. The van der Waals surface area contributed by atoms with Gasteiger partial charge < -0.3 is 4.52 Å². The highest BCUT2D eigenvalue weighted by atomic mass is 16.5. The number of amides is 1. The highest BCUT2D eigenvalue weighted by molar-refractivity contribution is 5.93. The van der Waals surface area contributed by atoms with Crippen molar-refractivity contribution in [3.63, 3.8) is 0 Å². The van der Waals surface area contributed by atoms with Crippen LogP contribution in [0.5, 0.6) is 0 Å². The predicted molar refractivity (Wildman–Crippen MR) is 87.9 cm³/mol. The van der Waals surface area contributed by atoms with Gasteiger partial charge in [-0.05, 0) is 25.3 Å². The van der Waals surface area contributed by atoms with Gasteiger partial charge in [0.1, 0.15) is 0 Å². The quantitative estimate of drug-likeness (QED) is 0.905. The summed E-state index contributed by atoms with van der Waals surface area (Å²) < 4.78 is 5.26. The molecule has 1 aliphatic rings. The third-order valence-electron chi connectivity index (χ3n) is 4.43. The SMILES string of the molecule is CCC(C)CN1CCC[C@H]1C(=O)Nc1cc(C(C)(C)C)no1. The van der Waals surface area contributed by atoms with Gasteiger partial charge in [-0.15, -0.1) is 0 Å². The van der Waals surface area contributed by atoms with Gasteiger partial charge in [-0.3, -0.25) is 15.0 Å². The Hall–Kier alpha value is -1.36. The summed E-state index contributed by atoms with van der Waals surface area (Å²) in [6, 6.07) is 1.78. The minimum Gasteiger partial charge on any atom is -0.338 e. The second kappa shape index (κ2) is 6.82. The Labute approximate surface area is 133 Å². The summed E-state index contributed by atoms with van der Waals surface area (Å²) in [4.78, 5) is 14.8. The number of hydrogen-bond acceptors (Lipinski definition) is 4. The molecule has 22 heavy (non-hydrogen) atoms. The standard InChI is InChI=1S/C17H29N3O2/c1-6-12(2)11-20-9-7-8-13(20)16(21)18-15-10-14(19-22-15)17(3,4)5/h10,12-13H,6-9,11H2,1-5H3,(H,18,21)/t12?,13-/m0/s1. The first-order valence-corrected chi connectivity index (χ1v) is 8.33. The van der Waals surface area contributed by atoms with Crippen LogP contribution in [0, 0.1) is 5.92 Å². The molecule has 5 nitrogen and oxygen atoms in total. The van der Waals surface area contributed by atoms with Gasteiger partial charge in [0, 0.05) is 18.0 Å². The van der Waals surface area contributed by atoms with E-state index in [-0.39, 0.29) is 17.4 Å². The second-order valence-electron chi connectivity index (χ2n) is 7.48. The van der Waals surface area contributed by atoms with E-state index >= 15 is 0 Å². The van der Waals surface area contributed by atoms with Gasteiger partial charge in [-0.25, -0.2) is 0 Å². The van der Waals surface area contributed by atoms with Crippen LogP contribution in [0.15, 0.2) is 10.6 Å². The summed E-state index contributed by atoms with van der Waals surface area (Å²) in [5, 5.41) is 6.93. The molecule has 1 saturated heterocycles. The van der Waals surface area contributed by atoms with Crippen LogP contribution >= 0.6 is 0 Å². The molecule has 2 heterocycles. The number of rotatable bonds is 5. The molecule has 2 atom stereocenters. The van der Waals surface area contributed by atoms with E-state index in [4.69, 9.17) is 4.52 Å². The van der Waals surface area contributed by atoms with Crippen LogP contribution in [0.3, 0.4) is 0 Å². The molecule has 0 saturated carbocycles. The lowest BCUT2D eigenvalue weighted by molar-refractivity contribution is -0.120. The Balaban J connectivity index is 1.97. The Bertz CT molecular complexity index is 504. The normalized spacial score (nSPS) is 21.0. The number of nitrogens with one attached hydrogen (secondary N) is 1. The average molecular weight is 307 g/mol. The molecule has 0 aromatic carbocycles. The number of carbonyl (C=O) groups is 1. The highest BCUT2D eigenvalue weighted by Gasteiger charge is 2.32. The zero-order chi connectivity index (χ0) is 16.3. The van der Waals surface area contributed by atoms with E-state index in [1.54, 1.807) is 0 Å². The Kier molecular flexibility index (Phi) is 5.27. The van der Waals surface area contributed by atoms with Gasteiger partial charge in [0.2, 0.25) is 11.8 Å². The third-order valence-corrected chi connectivity index (χ3v) is 4.43. The molecule has 2 rings (SSSR count). The van der Waals surface area contributed by atoms with Gasteiger partial charge in [-0.1, -0.05) is 46.2 Å². The average Bonchev–Trinajstić information content (AvgIpc) is 3.06. The van der Waals surface area contributed by atoms with Crippen LogP contribution in [0.25, 0.3) is 0 Å². The molecule has 0 bridgehead atoms. The third kappa shape index (κ3) is 4.09. The Morgan fingerprint density at radius 3 is 2.86 bits per heavy atom. The monoisotopic (exact) mass is 307 g/mol. The van der Waals surface area contributed by atoms with E-state index in [0.717, 1.165) is 38.0 Å². The number of nitrogens with zero attached hydrogens (tertiary/aromatic N) is 2. The summed E-state index contributed by atoms with van der Waals surface area (Å²) in [5.41, 5.74) is 0.772. The fraction of sp³-hybridized carbons (Fsp3) is 0.765. The first-order valence-electron chi connectivity index (χ1n) is 8.33. The van der Waals surface area contributed by atoms with Crippen molar-refractivity contribution in [2.75, 3.05) is 18.4 Å². The topological polar surface area (TPSA) is 58.4 Å². The summed E-state index contributed by atoms with van der Waals surface area (Å²) in [7, 11) is 0. The van der Waals surface area contributed by atoms with E-state index in [0.29, 0.717) is 11.8 Å². The van der Waals surface area contributed by atoms with Gasteiger partial charge in [0.05, 0.1) is 11.7 Å². The zero-order valence-electron chi connectivity index (χ0n) is 14.5.